The summed E-state index contributed by atoms with van der Waals surface area (Å²) < 4.78 is 10.5. The predicted octanol–water partition coefficient (Wildman–Crippen LogP) is 4.20. The number of hydrogen-bond donors (Lipinski definition) is 2. The van der Waals surface area contributed by atoms with Crippen LogP contribution in [0.15, 0.2) is 67.0 Å². The Morgan fingerprint density at radius 3 is 2.48 bits per heavy atom. The molecule has 0 radical (unpaired) electrons. The largest absolute Gasteiger partial charge is 0.493 e. The number of anilines is 1. The number of nitrogens with one attached hydrogen (secondary N) is 2. The summed E-state index contributed by atoms with van der Waals surface area (Å²) >= 11 is 0. The van der Waals surface area contributed by atoms with Crippen molar-refractivity contribution in [1.82, 2.24) is 10.3 Å². The van der Waals surface area contributed by atoms with Gasteiger partial charge in [0.15, 0.2) is 11.5 Å². The molecule has 0 saturated heterocycles. The van der Waals surface area contributed by atoms with E-state index in [1.165, 1.54) is 0 Å². The van der Waals surface area contributed by atoms with E-state index in [9.17, 15) is 4.79 Å². The number of hydrogen-bond acceptors (Lipinski definition) is 5. The van der Waals surface area contributed by atoms with Gasteiger partial charge in [0.25, 0.3) is 5.91 Å². The summed E-state index contributed by atoms with van der Waals surface area (Å²) in [4.78, 5) is 16.8. The molecule has 2 N–H and O–H groups in total. The molecular weight excluding hydrogens is 366 g/mol. The molecule has 150 valence electrons. The van der Waals surface area contributed by atoms with Gasteiger partial charge in [-0.2, -0.15) is 0 Å². The Morgan fingerprint density at radius 2 is 1.76 bits per heavy atom. The Balaban J connectivity index is 1.63. The van der Waals surface area contributed by atoms with Gasteiger partial charge in [-0.15, -0.1) is 0 Å². The number of carbonyl (C=O) groups excluding carboxylic acids is 1. The first kappa shape index (κ1) is 20.2. The van der Waals surface area contributed by atoms with Crippen LogP contribution in [0.2, 0.25) is 0 Å². The van der Waals surface area contributed by atoms with Gasteiger partial charge >= 0.3 is 0 Å². The second-order valence-corrected chi connectivity index (χ2v) is 6.61. The summed E-state index contributed by atoms with van der Waals surface area (Å²) in [6, 6.07) is 17.6. The van der Waals surface area contributed by atoms with E-state index in [-0.39, 0.29) is 11.9 Å². The molecule has 0 aliphatic heterocycles. The van der Waals surface area contributed by atoms with E-state index in [2.05, 4.69) is 34.7 Å². The van der Waals surface area contributed by atoms with Crippen molar-refractivity contribution in [2.24, 2.45) is 0 Å². The molecule has 0 bridgehead atoms. The smallest absolute Gasteiger partial charge is 0.253 e. The first-order valence-electron chi connectivity index (χ1n) is 9.36. The first-order valence-corrected chi connectivity index (χ1v) is 9.36. The van der Waals surface area contributed by atoms with Crippen LogP contribution in [-0.4, -0.2) is 25.1 Å². The maximum Gasteiger partial charge on any atom is 0.253 e. The van der Waals surface area contributed by atoms with Crippen LogP contribution >= 0.6 is 0 Å². The van der Waals surface area contributed by atoms with Crippen molar-refractivity contribution in [3.05, 3.63) is 83.7 Å². The van der Waals surface area contributed by atoms with E-state index in [0.29, 0.717) is 23.6 Å². The zero-order valence-corrected chi connectivity index (χ0v) is 16.8. The van der Waals surface area contributed by atoms with Gasteiger partial charge < -0.3 is 20.1 Å². The predicted molar refractivity (Wildman–Crippen MR) is 113 cm³/mol. The van der Waals surface area contributed by atoms with Gasteiger partial charge in [0, 0.05) is 25.0 Å². The van der Waals surface area contributed by atoms with Crippen LogP contribution < -0.4 is 20.1 Å². The molecule has 0 spiro atoms. The number of ether oxygens (including phenoxy) is 2. The van der Waals surface area contributed by atoms with Crippen LogP contribution in [0.5, 0.6) is 11.5 Å². The minimum atomic E-state index is -0.191. The summed E-state index contributed by atoms with van der Waals surface area (Å²) in [6.45, 7) is 2.44. The minimum absolute atomic E-state index is 0.100. The maximum atomic E-state index is 12.6. The lowest BCUT2D eigenvalue weighted by Crippen LogP contribution is -2.23. The molecule has 29 heavy (non-hydrogen) atoms. The fourth-order valence-electron chi connectivity index (χ4n) is 2.99. The molecule has 0 aliphatic rings. The Labute approximate surface area is 170 Å². The van der Waals surface area contributed by atoms with Crippen molar-refractivity contribution < 1.29 is 14.3 Å². The number of methoxy groups -OCH3 is 2. The molecule has 0 fully saturated rings. The van der Waals surface area contributed by atoms with Crippen LogP contribution in [-0.2, 0) is 6.54 Å². The Bertz CT molecular complexity index is 961. The SMILES string of the molecule is COc1ccc(CNC(=O)c2cncc(NC(C)c3ccccc3)c2)cc1OC. The number of carbonyl (C=O) groups is 1. The maximum absolute atomic E-state index is 12.6. The molecule has 0 aliphatic carbocycles. The number of aromatic nitrogens is 1. The Hall–Kier alpha value is -3.54. The van der Waals surface area contributed by atoms with Crippen molar-refractivity contribution in [1.29, 1.82) is 0 Å². The van der Waals surface area contributed by atoms with Gasteiger partial charge in [0.2, 0.25) is 0 Å². The summed E-state index contributed by atoms with van der Waals surface area (Å²) in [5.74, 6) is 1.09. The van der Waals surface area contributed by atoms with Crippen LogP contribution in [0.3, 0.4) is 0 Å². The van der Waals surface area contributed by atoms with Crippen molar-refractivity contribution in [3.8, 4) is 11.5 Å². The molecule has 1 heterocycles. The van der Waals surface area contributed by atoms with Gasteiger partial charge in [-0.3, -0.25) is 9.78 Å². The molecule has 3 aromatic rings. The molecular formula is C23H25N3O3. The van der Waals surface area contributed by atoms with Crippen molar-refractivity contribution >= 4 is 11.6 Å². The molecule has 1 atom stereocenters. The highest BCUT2D eigenvalue weighted by molar-refractivity contribution is 5.94. The topological polar surface area (TPSA) is 72.5 Å². The quantitative estimate of drug-likeness (QED) is 0.602. The highest BCUT2D eigenvalue weighted by Gasteiger charge is 2.10. The van der Waals surface area contributed by atoms with Crippen molar-refractivity contribution in [3.63, 3.8) is 0 Å². The molecule has 1 unspecified atom stereocenters. The number of nitrogens with zero attached hydrogens (tertiary/aromatic N) is 1. The zero-order valence-electron chi connectivity index (χ0n) is 16.8. The van der Waals surface area contributed by atoms with E-state index in [1.807, 2.05) is 36.4 Å². The summed E-state index contributed by atoms with van der Waals surface area (Å²) in [5.41, 5.74) is 3.36. The first-order chi connectivity index (χ1) is 14.1. The third kappa shape index (κ3) is 5.25. The van der Waals surface area contributed by atoms with Gasteiger partial charge in [-0.25, -0.2) is 0 Å². The minimum Gasteiger partial charge on any atom is -0.493 e. The fraction of sp³-hybridized carbons (Fsp3) is 0.217. The number of benzene rings is 2. The van der Waals surface area contributed by atoms with Crippen LogP contribution in [0, 0.1) is 0 Å². The third-order valence-electron chi connectivity index (χ3n) is 4.58. The molecule has 1 aromatic heterocycles. The van der Waals surface area contributed by atoms with Crippen LogP contribution in [0.4, 0.5) is 5.69 Å². The fourth-order valence-corrected chi connectivity index (χ4v) is 2.99. The zero-order chi connectivity index (χ0) is 20.6. The number of rotatable bonds is 8. The van der Waals surface area contributed by atoms with Crippen LogP contribution in [0.1, 0.15) is 34.5 Å². The van der Waals surface area contributed by atoms with Crippen LogP contribution in [0.25, 0.3) is 0 Å². The summed E-state index contributed by atoms with van der Waals surface area (Å²) in [7, 11) is 3.17. The average Bonchev–Trinajstić information content (AvgIpc) is 2.78. The van der Waals surface area contributed by atoms with E-state index >= 15 is 0 Å². The lowest BCUT2D eigenvalue weighted by Gasteiger charge is -2.16. The van der Waals surface area contributed by atoms with E-state index < -0.39 is 0 Å². The Morgan fingerprint density at radius 1 is 1.00 bits per heavy atom. The van der Waals surface area contributed by atoms with Gasteiger partial charge in [-0.05, 0) is 36.2 Å². The normalized spacial score (nSPS) is 11.4. The molecule has 0 saturated carbocycles. The second kappa shape index (κ2) is 9.59. The third-order valence-corrected chi connectivity index (χ3v) is 4.58. The molecule has 1 amide bonds. The Kier molecular flexibility index (Phi) is 6.68. The lowest BCUT2D eigenvalue weighted by atomic mass is 10.1. The number of pyridine rings is 1. The monoisotopic (exact) mass is 391 g/mol. The van der Waals surface area contributed by atoms with Gasteiger partial charge in [-0.1, -0.05) is 36.4 Å². The molecule has 3 rings (SSSR count). The van der Waals surface area contributed by atoms with E-state index in [4.69, 9.17) is 9.47 Å². The second-order valence-electron chi connectivity index (χ2n) is 6.61. The summed E-state index contributed by atoms with van der Waals surface area (Å²) in [6.07, 6.45) is 3.27. The lowest BCUT2D eigenvalue weighted by molar-refractivity contribution is 0.0950. The molecule has 6 heteroatoms. The highest BCUT2D eigenvalue weighted by atomic mass is 16.5. The van der Waals surface area contributed by atoms with Gasteiger partial charge in [0.05, 0.1) is 25.5 Å². The van der Waals surface area contributed by atoms with Crippen molar-refractivity contribution in [2.45, 2.75) is 19.5 Å². The molecule has 2 aromatic carbocycles. The van der Waals surface area contributed by atoms with E-state index in [1.54, 1.807) is 32.7 Å². The van der Waals surface area contributed by atoms with Gasteiger partial charge in [0.1, 0.15) is 0 Å². The number of amides is 1. The highest BCUT2D eigenvalue weighted by Crippen LogP contribution is 2.27. The molecule has 6 nitrogen and oxygen atoms in total. The summed E-state index contributed by atoms with van der Waals surface area (Å²) in [5, 5.41) is 6.30. The van der Waals surface area contributed by atoms with Crippen molar-refractivity contribution in [2.75, 3.05) is 19.5 Å². The average molecular weight is 391 g/mol. The van der Waals surface area contributed by atoms with E-state index in [0.717, 1.165) is 16.8 Å². The standard InChI is InChI=1S/C23H25N3O3/c1-16(18-7-5-4-6-8-18)26-20-12-19(14-24-15-20)23(27)25-13-17-9-10-21(28-2)22(11-17)29-3/h4-12,14-16,26H,13H2,1-3H3,(H,25,27).